The van der Waals surface area contributed by atoms with Gasteiger partial charge in [0.2, 0.25) is 5.91 Å². The van der Waals surface area contributed by atoms with E-state index in [0.717, 1.165) is 4.31 Å². The van der Waals surface area contributed by atoms with E-state index in [9.17, 15) is 22.7 Å². The molecule has 2 N–H and O–H groups in total. The van der Waals surface area contributed by atoms with Gasteiger partial charge < -0.3 is 15.2 Å². The topological polar surface area (TPSA) is 95.9 Å². The summed E-state index contributed by atoms with van der Waals surface area (Å²) in [5.74, 6) is -0.481. The molecule has 0 saturated heterocycles. The zero-order chi connectivity index (χ0) is 23.6. The van der Waals surface area contributed by atoms with Crippen molar-refractivity contribution in [3.05, 3.63) is 83.1 Å². The normalized spacial score (nSPS) is 15.5. The van der Waals surface area contributed by atoms with E-state index >= 15 is 0 Å². The number of aliphatic hydroxyl groups is 1. The second-order valence-corrected chi connectivity index (χ2v) is 9.75. The summed E-state index contributed by atoms with van der Waals surface area (Å²) in [5, 5.41) is 12.7. The van der Waals surface area contributed by atoms with Gasteiger partial charge in [0.1, 0.15) is 17.7 Å². The van der Waals surface area contributed by atoms with Gasteiger partial charge in [-0.2, -0.15) is 0 Å². The number of fused-ring (bicyclic) bond motifs is 1. The van der Waals surface area contributed by atoms with Crippen molar-refractivity contribution >= 4 is 38.9 Å². The Morgan fingerprint density at radius 3 is 2.48 bits per heavy atom. The third-order valence-corrected chi connectivity index (χ3v) is 7.10. The van der Waals surface area contributed by atoms with E-state index < -0.39 is 21.9 Å². The first-order valence-corrected chi connectivity index (χ1v) is 11.8. The average molecular weight is 491 g/mol. The molecule has 0 aliphatic carbocycles. The van der Waals surface area contributed by atoms with E-state index in [0.29, 0.717) is 16.3 Å². The molecule has 0 spiro atoms. The van der Waals surface area contributed by atoms with E-state index in [4.69, 9.17) is 16.3 Å². The van der Waals surface area contributed by atoms with Gasteiger partial charge in [-0.3, -0.25) is 9.10 Å². The molecule has 1 aliphatic heterocycles. The van der Waals surface area contributed by atoms with Gasteiger partial charge in [0.15, 0.2) is 0 Å². The van der Waals surface area contributed by atoms with Crippen molar-refractivity contribution in [2.75, 3.05) is 22.8 Å². The number of hydrogen-bond donors (Lipinski definition) is 2. The number of ether oxygens (including phenoxy) is 1. The standard InChI is InChI=1S/C23H20ClFN2O5S/c24-16-3-8-20(9-4-16)33(30,31)27-13-19(14-28)32-22-10-7-18(12-21(22)27)26-23(29)11-15-1-5-17(25)6-2-15/h1-10,12,19,28H,11,13-14H2,(H,26,29)/t19-/m1/s1. The predicted octanol–water partition coefficient (Wildman–Crippen LogP) is 3.61. The largest absolute Gasteiger partial charge is 0.484 e. The fraction of sp³-hybridized carbons (Fsp3) is 0.174. The molecule has 1 aliphatic rings. The molecule has 1 amide bonds. The Morgan fingerprint density at radius 1 is 1.12 bits per heavy atom. The SMILES string of the molecule is O=C(Cc1ccc(F)cc1)Nc1ccc2c(c1)N(S(=O)(=O)c1ccc(Cl)cc1)C[C@H](CO)O2. The summed E-state index contributed by atoms with van der Waals surface area (Å²) < 4.78 is 46.6. The first-order chi connectivity index (χ1) is 15.8. The molecule has 0 unspecified atom stereocenters. The van der Waals surface area contributed by atoms with Gasteiger partial charge in [-0.15, -0.1) is 0 Å². The quantitative estimate of drug-likeness (QED) is 0.550. The number of sulfonamides is 1. The molecule has 0 bridgehead atoms. The summed E-state index contributed by atoms with van der Waals surface area (Å²) in [6.45, 7) is -0.482. The molecule has 4 rings (SSSR count). The fourth-order valence-corrected chi connectivity index (χ4v) is 5.06. The number of rotatable bonds is 6. The Labute approximate surface area is 195 Å². The summed E-state index contributed by atoms with van der Waals surface area (Å²) in [4.78, 5) is 12.5. The minimum atomic E-state index is -4.00. The van der Waals surface area contributed by atoms with Crippen LogP contribution in [0.2, 0.25) is 5.02 Å². The van der Waals surface area contributed by atoms with Crippen LogP contribution in [0, 0.1) is 5.82 Å². The van der Waals surface area contributed by atoms with Crippen LogP contribution in [0.1, 0.15) is 5.56 Å². The Bertz CT molecular complexity index is 1270. The Hall–Kier alpha value is -3.14. The minimum absolute atomic E-state index is 0.0211. The van der Waals surface area contributed by atoms with Gasteiger partial charge >= 0.3 is 0 Å². The smallest absolute Gasteiger partial charge is 0.264 e. The number of nitrogens with zero attached hydrogens (tertiary/aromatic N) is 1. The maximum Gasteiger partial charge on any atom is 0.264 e. The van der Waals surface area contributed by atoms with Crippen LogP contribution in [0.25, 0.3) is 0 Å². The lowest BCUT2D eigenvalue weighted by atomic mass is 10.1. The molecule has 33 heavy (non-hydrogen) atoms. The van der Waals surface area contributed by atoms with Crippen LogP contribution in [-0.2, 0) is 21.2 Å². The molecular formula is C23H20ClFN2O5S. The van der Waals surface area contributed by atoms with Gasteiger partial charge in [0.25, 0.3) is 10.0 Å². The van der Waals surface area contributed by atoms with Gasteiger partial charge in [-0.1, -0.05) is 23.7 Å². The number of hydrogen-bond acceptors (Lipinski definition) is 5. The van der Waals surface area contributed by atoms with Gasteiger partial charge in [-0.25, -0.2) is 12.8 Å². The van der Waals surface area contributed by atoms with Crippen molar-refractivity contribution in [2.45, 2.75) is 17.4 Å². The highest BCUT2D eigenvalue weighted by atomic mass is 35.5. The molecule has 0 aromatic heterocycles. The van der Waals surface area contributed by atoms with Crippen LogP contribution in [0.4, 0.5) is 15.8 Å². The third kappa shape index (κ3) is 5.11. The molecule has 0 fully saturated rings. The molecule has 7 nitrogen and oxygen atoms in total. The number of aliphatic hydroxyl groups excluding tert-OH is 1. The summed E-state index contributed by atoms with van der Waals surface area (Å²) in [5.41, 5.74) is 1.23. The molecule has 0 radical (unpaired) electrons. The third-order valence-electron chi connectivity index (χ3n) is 5.06. The van der Waals surface area contributed by atoms with Crippen molar-refractivity contribution in [1.82, 2.24) is 0 Å². The molecule has 1 heterocycles. The highest BCUT2D eigenvalue weighted by Gasteiger charge is 2.34. The summed E-state index contributed by atoms with van der Waals surface area (Å²) in [6, 6.07) is 15.9. The molecule has 3 aromatic carbocycles. The lowest BCUT2D eigenvalue weighted by Crippen LogP contribution is -2.45. The van der Waals surface area contributed by atoms with E-state index in [-0.39, 0.29) is 41.8 Å². The zero-order valence-corrected chi connectivity index (χ0v) is 18.8. The Balaban J connectivity index is 1.62. The van der Waals surface area contributed by atoms with Crippen LogP contribution in [0.15, 0.2) is 71.6 Å². The first-order valence-electron chi connectivity index (χ1n) is 10.0. The maximum absolute atomic E-state index is 13.4. The summed E-state index contributed by atoms with van der Waals surface area (Å²) in [6.07, 6.45) is -0.730. The van der Waals surface area contributed by atoms with E-state index in [1.165, 1.54) is 60.7 Å². The van der Waals surface area contributed by atoms with Crippen molar-refractivity contribution < 1.29 is 27.4 Å². The maximum atomic E-state index is 13.4. The van der Waals surface area contributed by atoms with Crippen LogP contribution >= 0.6 is 11.6 Å². The second kappa shape index (κ2) is 9.38. The molecule has 3 aromatic rings. The second-order valence-electron chi connectivity index (χ2n) is 7.45. The zero-order valence-electron chi connectivity index (χ0n) is 17.2. The number of amides is 1. The highest BCUT2D eigenvalue weighted by Crippen LogP contribution is 2.39. The van der Waals surface area contributed by atoms with Gasteiger partial charge in [0.05, 0.1) is 30.2 Å². The number of halogens is 2. The minimum Gasteiger partial charge on any atom is -0.484 e. The van der Waals surface area contributed by atoms with Gasteiger partial charge in [-0.05, 0) is 60.2 Å². The first kappa shape index (κ1) is 23.0. The fourth-order valence-electron chi connectivity index (χ4n) is 3.44. The number of carbonyl (C=O) groups excluding carboxylic acids is 1. The number of nitrogens with one attached hydrogen (secondary N) is 1. The summed E-state index contributed by atoms with van der Waals surface area (Å²) in [7, 11) is -4.00. The number of benzene rings is 3. The predicted molar refractivity (Wildman–Crippen MR) is 123 cm³/mol. The van der Waals surface area contributed by atoms with Crippen molar-refractivity contribution in [2.24, 2.45) is 0 Å². The molecule has 172 valence electrons. The summed E-state index contributed by atoms with van der Waals surface area (Å²) >= 11 is 5.89. The number of anilines is 2. The Morgan fingerprint density at radius 2 is 1.82 bits per heavy atom. The van der Waals surface area contributed by atoms with Crippen LogP contribution < -0.4 is 14.4 Å². The molecule has 1 atom stereocenters. The van der Waals surface area contributed by atoms with Crippen molar-refractivity contribution in [3.8, 4) is 5.75 Å². The van der Waals surface area contributed by atoms with E-state index in [1.807, 2.05) is 0 Å². The lowest BCUT2D eigenvalue weighted by molar-refractivity contribution is -0.115. The molecule has 10 heteroatoms. The molecular weight excluding hydrogens is 471 g/mol. The number of carbonyl (C=O) groups is 1. The van der Waals surface area contributed by atoms with Crippen LogP contribution in [0.3, 0.4) is 0 Å². The van der Waals surface area contributed by atoms with Crippen molar-refractivity contribution in [1.29, 1.82) is 0 Å². The highest BCUT2D eigenvalue weighted by molar-refractivity contribution is 7.92. The van der Waals surface area contributed by atoms with Crippen LogP contribution in [0.5, 0.6) is 5.75 Å². The van der Waals surface area contributed by atoms with Gasteiger partial charge in [0, 0.05) is 10.7 Å². The van der Waals surface area contributed by atoms with Crippen LogP contribution in [-0.4, -0.2) is 38.7 Å². The van der Waals surface area contributed by atoms with E-state index in [2.05, 4.69) is 5.32 Å². The molecule has 0 saturated carbocycles. The van der Waals surface area contributed by atoms with Crippen molar-refractivity contribution in [3.63, 3.8) is 0 Å². The average Bonchev–Trinajstić information content (AvgIpc) is 2.80. The van der Waals surface area contributed by atoms with E-state index in [1.54, 1.807) is 6.07 Å². The monoisotopic (exact) mass is 490 g/mol. The lowest BCUT2D eigenvalue weighted by Gasteiger charge is -2.35. The Kier molecular flexibility index (Phi) is 6.55.